The van der Waals surface area contributed by atoms with E-state index in [4.69, 9.17) is 17.3 Å². The van der Waals surface area contributed by atoms with Crippen molar-refractivity contribution in [3.8, 4) is 0 Å². The van der Waals surface area contributed by atoms with Gasteiger partial charge in [-0.15, -0.1) is 0 Å². The molecule has 1 atom stereocenters. The summed E-state index contributed by atoms with van der Waals surface area (Å²) >= 11 is 5.91. The first-order chi connectivity index (χ1) is 9.65. The Morgan fingerprint density at radius 2 is 1.80 bits per heavy atom. The lowest BCUT2D eigenvalue weighted by atomic mass is 9.99. The summed E-state index contributed by atoms with van der Waals surface area (Å²) in [5.41, 5.74) is 7.10. The number of hydrogen-bond donors (Lipinski definition) is 2. The highest BCUT2D eigenvalue weighted by atomic mass is 35.5. The molecule has 0 spiro atoms. The lowest BCUT2D eigenvalue weighted by molar-refractivity contribution is 0.221. The van der Waals surface area contributed by atoms with Crippen LogP contribution in [0.3, 0.4) is 0 Å². The van der Waals surface area contributed by atoms with Gasteiger partial charge >= 0.3 is 0 Å². The van der Waals surface area contributed by atoms with E-state index < -0.39 is 6.10 Å². The first kappa shape index (κ1) is 12.9. The Hall–Kier alpha value is -2.10. The van der Waals surface area contributed by atoms with Crippen molar-refractivity contribution >= 4 is 28.2 Å². The first-order valence-electron chi connectivity index (χ1n) is 6.23. The standard InChI is InChI=1S/C16H13ClN2O/c17-13-8-14(16(18)19-9-13)15(20)12-6-5-10-3-1-2-4-11(10)7-12/h1-9,15,20H,(H2,18,19). The Labute approximate surface area is 121 Å². The van der Waals surface area contributed by atoms with Gasteiger partial charge in [0.15, 0.2) is 0 Å². The quantitative estimate of drug-likeness (QED) is 0.756. The van der Waals surface area contributed by atoms with Gasteiger partial charge in [-0.25, -0.2) is 4.98 Å². The van der Waals surface area contributed by atoms with Gasteiger partial charge in [0.2, 0.25) is 0 Å². The zero-order chi connectivity index (χ0) is 14.1. The molecular formula is C16H13ClN2O. The van der Waals surface area contributed by atoms with E-state index in [1.54, 1.807) is 6.07 Å². The zero-order valence-corrected chi connectivity index (χ0v) is 11.4. The van der Waals surface area contributed by atoms with Crippen molar-refractivity contribution in [1.29, 1.82) is 0 Å². The second-order valence-corrected chi connectivity index (χ2v) is 5.07. The normalized spacial score (nSPS) is 12.5. The molecule has 2 aromatic carbocycles. The SMILES string of the molecule is Nc1ncc(Cl)cc1C(O)c1ccc2ccccc2c1. The molecule has 0 aliphatic carbocycles. The maximum Gasteiger partial charge on any atom is 0.129 e. The molecule has 3 N–H and O–H groups in total. The molecule has 0 aliphatic rings. The molecule has 3 aromatic rings. The first-order valence-corrected chi connectivity index (χ1v) is 6.60. The van der Waals surface area contributed by atoms with Crippen molar-refractivity contribution in [2.75, 3.05) is 5.73 Å². The third kappa shape index (κ3) is 2.33. The number of hydrogen-bond acceptors (Lipinski definition) is 3. The van der Waals surface area contributed by atoms with Crippen molar-refractivity contribution in [1.82, 2.24) is 4.98 Å². The Kier molecular flexibility index (Phi) is 3.30. The van der Waals surface area contributed by atoms with E-state index in [0.29, 0.717) is 10.6 Å². The average molecular weight is 285 g/mol. The lowest BCUT2D eigenvalue weighted by Gasteiger charge is -2.14. The molecule has 0 saturated carbocycles. The molecule has 100 valence electrons. The van der Waals surface area contributed by atoms with Crippen molar-refractivity contribution in [3.05, 3.63) is 70.9 Å². The molecule has 1 aromatic heterocycles. The van der Waals surface area contributed by atoms with Crippen LogP contribution in [0.25, 0.3) is 10.8 Å². The van der Waals surface area contributed by atoms with Crippen molar-refractivity contribution in [3.63, 3.8) is 0 Å². The number of pyridine rings is 1. The summed E-state index contributed by atoms with van der Waals surface area (Å²) in [6.07, 6.45) is 0.624. The Morgan fingerprint density at radius 3 is 2.60 bits per heavy atom. The molecule has 0 aliphatic heterocycles. The van der Waals surface area contributed by atoms with Gasteiger partial charge < -0.3 is 10.8 Å². The number of nitrogen functional groups attached to an aromatic ring is 1. The highest BCUT2D eigenvalue weighted by molar-refractivity contribution is 6.30. The smallest absolute Gasteiger partial charge is 0.129 e. The van der Waals surface area contributed by atoms with Crippen molar-refractivity contribution < 1.29 is 5.11 Å². The van der Waals surface area contributed by atoms with Crippen LogP contribution < -0.4 is 5.73 Å². The van der Waals surface area contributed by atoms with Gasteiger partial charge in [0.05, 0.1) is 5.02 Å². The maximum atomic E-state index is 10.5. The van der Waals surface area contributed by atoms with E-state index in [-0.39, 0.29) is 5.82 Å². The molecule has 0 amide bonds. The van der Waals surface area contributed by atoms with E-state index in [9.17, 15) is 5.11 Å². The molecule has 0 fully saturated rings. The van der Waals surface area contributed by atoms with Gasteiger partial charge in [-0.2, -0.15) is 0 Å². The summed E-state index contributed by atoms with van der Waals surface area (Å²) in [7, 11) is 0. The number of anilines is 1. The van der Waals surface area contributed by atoms with Gasteiger partial charge in [0.1, 0.15) is 11.9 Å². The van der Waals surface area contributed by atoms with Crippen LogP contribution in [-0.4, -0.2) is 10.1 Å². The zero-order valence-electron chi connectivity index (χ0n) is 10.6. The fourth-order valence-corrected chi connectivity index (χ4v) is 2.41. The summed E-state index contributed by atoms with van der Waals surface area (Å²) in [5, 5.41) is 13.1. The van der Waals surface area contributed by atoms with Crippen molar-refractivity contribution in [2.24, 2.45) is 0 Å². The molecule has 0 bridgehead atoms. The minimum absolute atomic E-state index is 0.287. The fourth-order valence-electron chi connectivity index (χ4n) is 2.24. The van der Waals surface area contributed by atoms with Gasteiger partial charge in [0.25, 0.3) is 0 Å². The third-order valence-electron chi connectivity index (χ3n) is 3.30. The predicted octanol–water partition coefficient (Wildman–Crippen LogP) is 3.55. The second-order valence-electron chi connectivity index (χ2n) is 4.64. The number of fused-ring (bicyclic) bond motifs is 1. The lowest BCUT2D eigenvalue weighted by Crippen LogP contribution is -2.05. The largest absolute Gasteiger partial charge is 0.384 e. The third-order valence-corrected chi connectivity index (χ3v) is 3.51. The summed E-state index contributed by atoms with van der Waals surface area (Å²) in [5.74, 6) is 0.287. The van der Waals surface area contributed by atoms with E-state index in [1.165, 1.54) is 6.20 Å². The Morgan fingerprint density at radius 1 is 1.05 bits per heavy atom. The molecule has 20 heavy (non-hydrogen) atoms. The molecule has 1 unspecified atom stereocenters. The van der Waals surface area contributed by atoms with Gasteiger partial charge in [-0.3, -0.25) is 0 Å². The number of aliphatic hydroxyl groups is 1. The number of aliphatic hydroxyl groups excluding tert-OH is 1. The number of aromatic nitrogens is 1. The van der Waals surface area contributed by atoms with Crippen LogP contribution in [0, 0.1) is 0 Å². The maximum absolute atomic E-state index is 10.5. The summed E-state index contributed by atoms with van der Waals surface area (Å²) in [6.45, 7) is 0. The van der Waals surface area contributed by atoms with E-state index in [0.717, 1.165) is 16.3 Å². The molecule has 3 rings (SSSR count). The minimum atomic E-state index is -0.842. The molecular weight excluding hydrogens is 272 g/mol. The molecule has 0 radical (unpaired) electrons. The molecule has 4 heteroatoms. The highest BCUT2D eigenvalue weighted by Gasteiger charge is 2.15. The van der Waals surface area contributed by atoms with E-state index in [2.05, 4.69) is 4.98 Å². The van der Waals surface area contributed by atoms with Crippen LogP contribution in [0.4, 0.5) is 5.82 Å². The summed E-state index contributed by atoms with van der Waals surface area (Å²) in [6, 6.07) is 15.4. The predicted molar refractivity (Wildman–Crippen MR) is 81.7 cm³/mol. The number of halogens is 1. The average Bonchev–Trinajstić information content (AvgIpc) is 2.48. The van der Waals surface area contributed by atoms with Gasteiger partial charge in [-0.05, 0) is 28.5 Å². The number of nitrogens with two attached hydrogens (primary N) is 1. The molecule has 3 nitrogen and oxygen atoms in total. The number of nitrogens with zero attached hydrogens (tertiary/aromatic N) is 1. The van der Waals surface area contributed by atoms with Gasteiger partial charge in [0, 0.05) is 11.8 Å². The number of benzene rings is 2. The topological polar surface area (TPSA) is 59.1 Å². The van der Waals surface area contributed by atoms with Crippen molar-refractivity contribution in [2.45, 2.75) is 6.10 Å². The van der Waals surface area contributed by atoms with Crippen LogP contribution in [0.15, 0.2) is 54.7 Å². The molecule has 0 saturated heterocycles. The number of rotatable bonds is 2. The van der Waals surface area contributed by atoms with Crippen LogP contribution in [-0.2, 0) is 0 Å². The Balaban J connectivity index is 2.07. The minimum Gasteiger partial charge on any atom is -0.384 e. The van der Waals surface area contributed by atoms with Crippen LogP contribution in [0.1, 0.15) is 17.2 Å². The monoisotopic (exact) mass is 284 g/mol. The van der Waals surface area contributed by atoms with Crippen LogP contribution in [0.2, 0.25) is 5.02 Å². The second kappa shape index (κ2) is 5.12. The van der Waals surface area contributed by atoms with Gasteiger partial charge in [-0.1, -0.05) is 48.0 Å². The van der Waals surface area contributed by atoms with E-state index in [1.807, 2.05) is 42.5 Å². The summed E-state index contributed by atoms with van der Waals surface area (Å²) in [4.78, 5) is 3.97. The Bertz CT molecular complexity index is 773. The van der Waals surface area contributed by atoms with Crippen LogP contribution >= 0.6 is 11.6 Å². The molecule has 1 heterocycles. The summed E-state index contributed by atoms with van der Waals surface area (Å²) < 4.78 is 0. The fraction of sp³-hybridized carbons (Fsp3) is 0.0625. The highest BCUT2D eigenvalue weighted by Crippen LogP contribution is 2.29. The van der Waals surface area contributed by atoms with E-state index >= 15 is 0 Å². The van der Waals surface area contributed by atoms with Crippen LogP contribution in [0.5, 0.6) is 0 Å².